The lowest BCUT2D eigenvalue weighted by Gasteiger charge is -2.27. The van der Waals surface area contributed by atoms with Gasteiger partial charge in [-0.15, -0.1) is 0 Å². The molecule has 0 aliphatic heterocycles. The molecule has 0 aliphatic carbocycles. The third-order valence-corrected chi connectivity index (χ3v) is 1.91. The van der Waals surface area contributed by atoms with E-state index in [1.54, 1.807) is 7.11 Å². The Hall–Kier alpha value is 0.360. The highest BCUT2D eigenvalue weighted by Crippen LogP contribution is 2.02. The summed E-state index contributed by atoms with van der Waals surface area (Å²) in [6, 6.07) is 0. The number of hydrogen-bond donors (Lipinski definition) is 2. The SMILES string of the molecule is COC(C)(C)N[C@H](N)CBr. The molecule has 3 nitrogen and oxygen atoms in total. The number of nitrogens with one attached hydrogen (secondary N) is 1. The van der Waals surface area contributed by atoms with Crippen LogP contribution >= 0.6 is 15.9 Å². The van der Waals surface area contributed by atoms with E-state index in [9.17, 15) is 0 Å². The Kier molecular flexibility index (Phi) is 4.44. The van der Waals surface area contributed by atoms with Gasteiger partial charge in [0.05, 0.1) is 6.17 Å². The van der Waals surface area contributed by atoms with Crippen molar-refractivity contribution in [3.63, 3.8) is 0 Å². The van der Waals surface area contributed by atoms with Gasteiger partial charge in [0, 0.05) is 12.4 Å². The van der Waals surface area contributed by atoms with Gasteiger partial charge in [-0.25, -0.2) is 0 Å². The second kappa shape index (κ2) is 4.28. The molecule has 0 bridgehead atoms. The molecule has 0 heterocycles. The van der Waals surface area contributed by atoms with Gasteiger partial charge in [-0.2, -0.15) is 0 Å². The summed E-state index contributed by atoms with van der Waals surface area (Å²) in [5.74, 6) is 0. The molecule has 10 heavy (non-hydrogen) atoms. The minimum atomic E-state index is -0.340. The maximum absolute atomic E-state index is 5.60. The van der Waals surface area contributed by atoms with Crippen LogP contribution < -0.4 is 11.1 Å². The van der Waals surface area contributed by atoms with E-state index in [2.05, 4.69) is 21.2 Å². The molecule has 0 aromatic carbocycles. The third kappa shape index (κ3) is 4.22. The van der Waals surface area contributed by atoms with Gasteiger partial charge in [0.25, 0.3) is 0 Å². The summed E-state index contributed by atoms with van der Waals surface area (Å²) in [5, 5.41) is 3.79. The molecule has 0 unspecified atom stereocenters. The summed E-state index contributed by atoms with van der Waals surface area (Å²) in [5.41, 5.74) is 5.26. The van der Waals surface area contributed by atoms with E-state index >= 15 is 0 Å². The van der Waals surface area contributed by atoms with Gasteiger partial charge in [-0.3, -0.25) is 5.32 Å². The topological polar surface area (TPSA) is 47.3 Å². The highest BCUT2D eigenvalue weighted by Gasteiger charge is 2.17. The lowest BCUT2D eigenvalue weighted by molar-refractivity contribution is -0.0139. The number of hydrogen-bond acceptors (Lipinski definition) is 3. The van der Waals surface area contributed by atoms with Crippen LogP contribution in [0.5, 0.6) is 0 Å². The number of halogens is 1. The van der Waals surface area contributed by atoms with Crippen LogP contribution in [0.2, 0.25) is 0 Å². The zero-order valence-corrected chi connectivity index (χ0v) is 8.23. The van der Waals surface area contributed by atoms with Gasteiger partial charge in [-0.1, -0.05) is 15.9 Å². The highest BCUT2D eigenvalue weighted by molar-refractivity contribution is 9.09. The van der Waals surface area contributed by atoms with Crippen molar-refractivity contribution in [3.8, 4) is 0 Å². The molecule has 0 spiro atoms. The van der Waals surface area contributed by atoms with E-state index in [1.807, 2.05) is 13.8 Å². The van der Waals surface area contributed by atoms with Gasteiger partial charge >= 0.3 is 0 Å². The van der Waals surface area contributed by atoms with E-state index in [-0.39, 0.29) is 11.9 Å². The molecule has 62 valence electrons. The summed E-state index contributed by atoms with van der Waals surface area (Å²) in [7, 11) is 1.65. The van der Waals surface area contributed by atoms with E-state index in [0.29, 0.717) is 0 Å². The minimum Gasteiger partial charge on any atom is -0.364 e. The second-order valence-electron chi connectivity index (χ2n) is 2.62. The number of ether oxygens (including phenoxy) is 1. The van der Waals surface area contributed by atoms with Gasteiger partial charge in [0.1, 0.15) is 5.72 Å². The fraction of sp³-hybridized carbons (Fsp3) is 1.00. The van der Waals surface area contributed by atoms with Crippen LogP contribution in [0.15, 0.2) is 0 Å². The molecule has 3 N–H and O–H groups in total. The van der Waals surface area contributed by atoms with Crippen molar-refractivity contribution < 1.29 is 4.74 Å². The van der Waals surface area contributed by atoms with Gasteiger partial charge in [-0.05, 0) is 13.8 Å². The Labute approximate surface area is 70.4 Å². The van der Waals surface area contributed by atoms with Crippen LogP contribution in [-0.4, -0.2) is 24.3 Å². The first kappa shape index (κ1) is 10.4. The van der Waals surface area contributed by atoms with Crippen molar-refractivity contribution in [1.29, 1.82) is 0 Å². The van der Waals surface area contributed by atoms with Crippen molar-refractivity contribution in [3.05, 3.63) is 0 Å². The summed E-state index contributed by atoms with van der Waals surface area (Å²) < 4.78 is 5.10. The Morgan fingerprint density at radius 3 is 2.50 bits per heavy atom. The maximum Gasteiger partial charge on any atom is 0.114 e. The van der Waals surface area contributed by atoms with Gasteiger partial charge in [0.2, 0.25) is 0 Å². The summed E-state index contributed by atoms with van der Waals surface area (Å²) in [6.07, 6.45) is -0.0602. The van der Waals surface area contributed by atoms with E-state index in [0.717, 1.165) is 5.33 Å². The molecule has 0 fully saturated rings. The predicted molar refractivity (Wildman–Crippen MR) is 46.0 cm³/mol. The molecule has 0 aliphatic rings. The average Bonchev–Trinajstić information content (AvgIpc) is 1.87. The standard InChI is InChI=1S/C6H15BrN2O/c1-6(2,10-3)9-5(8)4-7/h5,9H,4,8H2,1-3H3/t5-/m0/s1. The Balaban J connectivity index is 3.64. The van der Waals surface area contributed by atoms with Crippen molar-refractivity contribution in [2.75, 3.05) is 12.4 Å². The number of methoxy groups -OCH3 is 1. The molecule has 0 rings (SSSR count). The maximum atomic E-state index is 5.60. The largest absolute Gasteiger partial charge is 0.364 e. The van der Waals surface area contributed by atoms with Crippen molar-refractivity contribution in [2.24, 2.45) is 5.73 Å². The molecular formula is C6H15BrN2O. The molecule has 0 saturated carbocycles. The monoisotopic (exact) mass is 210 g/mol. The molecular weight excluding hydrogens is 196 g/mol. The first-order valence-corrected chi connectivity index (χ1v) is 4.28. The van der Waals surface area contributed by atoms with Crippen LogP contribution in [0.4, 0.5) is 0 Å². The average molecular weight is 211 g/mol. The van der Waals surface area contributed by atoms with Gasteiger partial charge < -0.3 is 10.5 Å². The second-order valence-corrected chi connectivity index (χ2v) is 3.27. The van der Waals surface area contributed by atoms with Crippen molar-refractivity contribution in [2.45, 2.75) is 25.7 Å². The van der Waals surface area contributed by atoms with Gasteiger partial charge in [0.15, 0.2) is 0 Å². The molecule has 0 aromatic heterocycles. The summed E-state index contributed by atoms with van der Waals surface area (Å²) in [4.78, 5) is 0. The minimum absolute atomic E-state index is 0.0602. The zero-order valence-electron chi connectivity index (χ0n) is 6.65. The lowest BCUT2D eigenvalue weighted by Crippen LogP contribution is -2.52. The number of rotatable bonds is 4. The number of alkyl halides is 1. The predicted octanol–water partition coefficient (Wildman–Crippen LogP) is 0.638. The molecule has 0 aromatic rings. The van der Waals surface area contributed by atoms with Crippen molar-refractivity contribution >= 4 is 15.9 Å². The summed E-state index contributed by atoms with van der Waals surface area (Å²) >= 11 is 3.25. The fourth-order valence-electron chi connectivity index (χ4n) is 0.544. The van der Waals surface area contributed by atoms with Crippen LogP contribution in [0.1, 0.15) is 13.8 Å². The first-order valence-electron chi connectivity index (χ1n) is 3.16. The van der Waals surface area contributed by atoms with E-state index < -0.39 is 0 Å². The molecule has 0 saturated heterocycles. The normalized spacial score (nSPS) is 15.3. The smallest absolute Gasteiger partial charge is 0.114 e. The quantitative estimate of drug-likeness (QED) is 0.529. The van der Waals surface area contributed by atoms with E-state index in [4.69, 9.17) is 10.5 Å². The van der Waals surface area contributed by atoms with Crippen LogP contribution in [0, 0.1) is 0 Å². The molecule has 4 heteroatoms. The van der Waals surface area contributed by atoms with Crippen LogP contribution in [-0.2, 0) is 4.74 Å². The third-order valence-electron chi connectivity index (χ3n) is 1.21. The fourth-order valence-corrected chi connectivity index (χ4v) is 0.706. The molecule has 0 amide bonds. The summed E-state index contributed by atoms with van der Waals surface area (Å²) in [6.45, 7) is 3.85. The number of nitrogens with two attached hydrogens (primary N) is 1. The van der Waals surface area contributed by atoms with Crippen molar-refractivity contribution in [1.82, 2.24) is 5.32 Å². The van der Waals surface area contributed by atoms with Crippen LogP contribution in [0.25, 0.3) is 0 Å². The molecule has 0 radical (unpaired) electrons. The Morgan fingerprint density at radius 1 is 1.70 bits per heavy atom. The lowest BCUT2D eigenvalue weighted by atomic mass is 10.3. The Bertz CT molecular complexity index is 97.7. The first-order chi connectivity index (χ1) is 4.52. The van der Waals surface area contributed by atoms with E-state index in [1.165, 1.54) is 0 Å². The zero-order chi connectivity index (χ0) is 8.20. The highest BCUT2D eigenvalue weighted by atomic mass is 79.9. The molecule has 1 atom stereocenters. The Morgan fingerprint density at radius 2 is 2.20 bits per heavy atom. The van der Waals surface area contributed by atoms with Crippen LogP contribution in [0.3, 0.4) is 0 Å².